The largest absolute Gasteiger partial charge is 0.394 e. The molecule has 2 aliphatic rings. The van der Waals surface area contributed by atoms with E-state index in [0.29, 0.717) is 37.4 Å². The Hall–Kier alpha value is -2.78. The summed E-state index contributed by atoms with van der Waals surface area (Å²) < 4.78 is 13.8. The highest BCUT2D eigenvalue weighted by Crippen LogP contribution is 2.26. The number of carbonyl (C=O) groups excluding carboxylic acids is 2. The molecule has 0 radical (unpaired) electrons. The van der Waals surface area contributed by atoms with Gasteiger partial charge in [-0.15, -0.1) is 0 Å². The summed E-state index contributed by atoms with van der Waals surface area (Å²) in [5.74, 6) is -0.106. The minimum absolute atomic E-state index is 0.0708. The number of hydrogen-bond donors (Lipinski definition) is 3. The first-order chi connectivity index (χ1) is 19.4. The first-order valence-electron chi connectivity index (χ1n) is 15.0. The number of carbonyl (C=O) groups is 2. The van der Waals surface area contributed by atoms with Gasteiger partial charge >= 0.3 is 0 Å². The normalized spacial score (nSPS) is 23.6. The Morgan fingerprint density at radius 1 is 1.15 bits per heavy atom. The molecule has 4 atom stereocenters. The molecule has 2 amide bonds. The predicted molar refractivity (Wildman–Crippen MR) is 162 cm³/mol. The Morgan fingerprint density at radius 2 is 1.80 bits per heavy atom. The van der Waals surface area contributed by atoms with Crippen LogP contribution >= 0.6 is 0 Å². The van der Waals surface area contributed by atoms with E-state index in [4.69, 9.17) is 5.73 Å². The molecule has 8 nitrogen and oxygen atoms in total. The van der Waals surface area contributed by atoms with E-state index in [1.807, 2.05) is 6.92 Å². The summed E-state index contributed by atoms with van der Waals surface area (Å²) in [6, 6.07) is 6.38. The number of aliphatic hydroxyl groups excluding tert-OH is 2. The van der Waals surface area contributed by atoms with Crippen molar-refractivity contribution in [2.45, 2.75) is 98.4 Å². The van der Waals surface area contributed by atoms with Crippen molar-refractivity contribution >= 4 is 17.5 Å². The number of nitrogens with zero attached hydrogens (tertiary/aromatic N) is 3. The lowest BCUT2D eigenvalue weighted by atomic mass is 10.0. The number of aliphatic imine (C=N–C) groups is 1. The first kappa shape index (κ1) is 34.4. The van der Waals surface area contributed by atoms with Crippen molar-refractivity contribution in [1.82, 2.24) is 9.80 Å². The molecule has 1 aromatic rings. The fourth-order valence-corrected chi connectivity index (χ4v) is 4.96. The van der Waals surface area contributed by atoms with Crippen LogP contribution < -0.4 is 5.73 Å². The standard InChI is InChI=1S/C23H39FN4O4.C9H12/c1-4-10-27(11-8-15(3)5-2)20(31)13-26-22-16(6-7-19(22)30)21(25)23(32)28-12-9-18(29)17(24)14-28;1-7-5-4-6-8(2)9(7)3/h15,17-19,29-30H,4-14,25H2,1-3H3;4-6H,1-3H3/b21-16-,26-22?;. The van der Waals surface area contributed by atoms with Crippen LogP contribution in [0.5, 0.6) is 0 Å². The highest BCUT2D eigenvalue weighted by Gasteiger charge is 2.34. The van der Waals surface area contributed by atoms with Gasteiger partial charge in [-0.3, -0.25) is 14.6 Å². The number of amides is 2. The minimum atomic E-state index is -1.51. The molecule has 0 spiro atoms. The highest BCUT2D eigenvalue weighted by molar-refractivity contribution is 6.11. The number of hydrogen-bond acceptors (Lipinski definition) is 6. The fourth-order valence-electron chi connectivity index (χ4n) is 4.96. The van der Waals surface area contributed by atoms with Gasteiger partial charge in [-0.2, -0.15) is 0 Å². The number of benzene rings is 1. The zero-order valence-corrected chi connectivity index (χ0v) is 25.8. The Labute approximate surface area is 245 Å². The lowest BCUT2D eigenvalue weighted by Crippen LogP contribution is -2.48. The van der Waals surface area contributed by atoms with Crippen LogP contribution in [0, 0.1) is 26.7 Å². The molecule has 2 fully saturated rings. The van der Waals surface area contributed by atoms with Gasteiger partial charge in [0.25, 0.3) is 5.91 Å². The maximum atomic E-state index is 13.8. The molecule has 4 unspecified atom stereocenters. The van der Waals surface area contributed by atoms with Crippen LogP contribution in [0.25, 0.3) is 0 Å². The molecule has 230 valence electrons. The highest BCUT2D eigenvalue weighted by atomic mass is 19.1. The second-order valence-electron chi connectivity index (χ2n) is 11.5. The lowest BCUT2D eigenvalue weighted by molar-refractivity contribution is -0.131. The van der Waals surface area contributed by atoms with Crippen molar-refractivity contribution in [3.05, 3.63) is 46.2 Å². The van der Waals surface area contributed by atoms with Crippen LogP contribution in [-0.4, -0.2) is 88.6 Å². The van der Waals surface area contributed by atoms with Crippen LogP contribution in [0.15, 0.2) is 34.5 Å². The zero-order valence-electron chi connectivity index (χ0n) is 25.8. The molecular weight excluding hydrogens is 523 g/mol. The molecule has 9 heteroatoms. The van der Waals surface area contributed by atoms with Gasteiger partial charge in [-0.1, -0.05) is 45.4 Å². The fraction of sp³-hybridized carbons (Fsp3) is 0.656. The number of aliphatic hydroxyl groups is 2. The Bertz CT molecular complexity index is 1070. The quantitative estimate of drug-likeness (QED) is 0.385. The molecule has 1 aliphatic heterocycles. The number of nitrogens with two attached hydrogens (primary N) is 1. The van der Waals surface area contributed by atoms with Gasteiger partial charge in [0, 0.05) is 25.2 Å². The van der Waals surface area contributed by atoms with E-state index in [9.17, 15) is 24.2 Å². The van der Waals surface area contributed by atoms with E-state index in [2.05, 4.69) is 57.8 Å². The van der Waals surface area contributed by atoms with E-state index >= 15 is 0 Å². The minimum Gasteiger partial charge on any atom is -0.394 e. The SMILES string of the molecule is CCCN(CCC(C)CC)C(=O)CN=C1/C(=C(\N)C(=O)N2CCC(O)C(F)C2)CCC1O.Cc1cccc(C)c1C. The number of piperidine rings is 1. The Kier molecular flexibility index (Phi) is 13.9. The van der Waals surface area contributed by atoms with E-state index in [-0.39, 0.29) is 43.4 Å². The second-order valence-corrected chi connectivity index (χ2v) is 11.5. The molecule has 1 saturated heterocycles. The van der Waals surface area contributed by atoms with Crippen LogP contribution in [0.4, 0.5) is 4.39 Å². The third-order valence-corrected chi connectivity index (χ3v) is 8.34. The van der Waals surface area contributed by atoms with Gasteiger partial charge in [0.1, 0.15) is 18.4 Å². The number of aryl methyl sites for hydroxylation is 2. The molecule has 1 heterocycles. The summed E-state index contributed by atoms with van der Waals surface area (Å²) in [5.41, 5.74) is 10.9. The molecule has 41 heavy (non-hydrogen) atoms. The summed E-state index contributed by atoms with van der Waals surface area (Å²) in [5, 5.41) is 19.9. The van der Waals surface area contributed by atoms with Crippen LogP contribution in [0.1, 0.15) is 76.0 Å². The molecule has 3 rings (SSSR count). The van der Waals surface area contributed by atoms with Crippen molar-refractivity contribution in [1.29, 1.82) is 0 Å². The maximum absolute atomic E-state index is 13.8. The molecule has 1 aromatic carbocycles. The van der Waals surface area contributed by atoms with E-state index < -0.39 is 24.3 Å². The molecule has 0 bridgehead atoms. The average Bonchev–Trinajstić information content (AvgIpc) is 3.33. The number of likely N-dealkylation sites (tertiary alicyclic amines) is 1. The van der Waals surface area contributed by atoms with Crippen molar-refractivity contribution in [3.63, 3.8) is 0 Å². The summed E-state index contributed by atoms with van der Waals surface area (Å²) in [4.78, 5) is 33.0. The zero-order chi connectivity index (χ0) is 30.7. The molecule has 0 aromatic heterocycles. The van der Waals surface area contributed by atoms with E-state index in [1.54, 1.807) is 4.90 Å². The Morgan fingerprint density at radius 3 is 2.37 bits per heavy atom. The topological polar surface area (TPSA) is 119 Å². The van der Waals surface area contributed by atoms with Gasteiger partial charge in [0.15, 0.2) is 0 Å². The average molecular weight is 575 g/mol. The van der Waals surface area contributed by atoms with Crippen molar-refractivity contribution in [3.8, 4) is 0 Å². The van der Waals surface area contributed by atoms with E-state index in [0.717, 1.165) is 19.3 Å². The predicted octanol–water partition coefficient (Wildman–Crippen LogP) is 4.01. The third-order valence-electron chi connectivity index (χ3n) is 8.34. The van der Waals surface area contributed by atoms with Gasteiger partial charge < -0.3 is 25.7 Å². The number of halogens is 1. The van der Waals surface area contributed by atoms with Crippen molar-refractivity contribution < 1.29 is 24.2 Å². The van der Waals surface area contributed by atoms with Crippen LogP contribution in [-0.2, 0) is 9.59 Å². The molecular formula is C32H51FN4O4. The molecule has 1 aliphatic carbocycles. The van der Waals surface area contributed by atoms with Crippen molar-refractivity contribution in [2.24, 2.45) is 16.6 Å². The van der Waals surface area contributed by atoms with E-state index in [1.165, 1.54) is 21.6 Å². The van der Waals surface area contributed by atoms with Gasteiger partial charge in [0.05, 0.1) is 24.5 Å². The molecule has 1 saturated carbocycles. The maximum Gasteiger partial charge on any atom is 0.270 e. The van der Waals surface area contributed by atoms with Crippen LogP contribution in [0.2, 0.25) is 0 Å². The number of alkyl halides is 1. The van der Waals surface area contributed by atoms with Gasteiger partial charge in [-0.05, 0) is 75.5 Å². The third kappa shape index (κ3) is 9.92. The summed E-state index contributed by atoms with van der Waals surface area (Å²) in [6.45, 7) is 14.0. The second kappa shape index (κ2) is 16.6. The van der Waals surface area contributed by atoms with Gasteiger partial charge in [0.2, 0.25) is 5.91 Å². The monoisotopic (exact) mass is 574 g/mol. The first-order valence-corrected chi connectivity index (χ1v) is 15.0. The van der Waals surface area contributed by atoms with Gasteiger partial charge in [-0.25, -0.2) is 4.39 Å². The van der Waals surface area contributed by atoms with Crippen molar-refractivity contribution in [2.75, 3.05) is 32.7 Å². The summed E-state index contributed by atoms with van der Waals surface area (Å²) in [7, 11) is 0. The summed E-state index contributed by atoms with van der Waals surface area (Å²) >= 11 is 0. The lowest BCUT2D eigenvalue weighted by Gasteiger charge is -2.32. The number of rotatable bonds is 9. The Balaban J connectivity index is 0.000000553. The summed E-state index contributed by atoms with van der Waals surface area (Å²) in [6.07, 6.45) is 0.246. The molecule has 4 N–H and O–H groups in total. The smallest absolute Gasteiger partial charge is 0.270 e. The van der Waals surface area contributed by atoms with Crippen LogP contribution in [0.3, 0.4) is 0 Å².